The van der Waals surface area contributed by atoms with Crippen molar-refractivity contribution in [2.24, 2.45) is 0 Å². The summed E-state index contributed by atoms with van der Waals surface area (Å²) in [6, 6.07) is 0. The van der Waals surface area contributed by atoms with E-state index in [2.05, 4.69) is 27.7 Å². The van der Waals surface area contributed by atoms with Gasteiger partial charge in [0, 0.05) is 12.8 Å². The lowest BCUT2D eigenvalue weighted by Crippen LogP contribution is -2.11. The SMILES string of the molecule is CCCCCCCCOC(=O)CCC(=O)OCCCCCCCC.CCCCOC(=O)CCCCC(=O)OCCCC. The zero-order valence-electron chi connectivity index (χ0n) is 27.7. The van der Waals surface area contributed by atoms with Crippen LogP contribution in [0, 0.1) is 0 Å². The van der Waals surface area contributed by atoms with Gasteiger partial charge in [-0.05, 0) is 38.5 Å². The van der Waals surface area contributed by atoms with Crippen molar-refractivity contribution in [1.29, 1.82) is 0 Å². The average molecular weight is 601 g/mol. The number of hydrogen-bond acceptors (Lipinski definition) is 8. The van der Waals surface area contributed by atoms with E-state index in [9.17, 15) is 19.2 Å². The quantitative estimate of drug-likeness (QED) is 0.0498. The van der Waals surface area contributed by atoms with E-state index in [1.54, 1.807) is 0 Å². The number of rotatable bonds is 28. The van der Waals surface area contributed by atoms with Crippen LogP contribution in [0.2, 0.25) is 0 Å². The molecule has 0 N–H and O–H groups in total. The first-order chi connectivity index (χ1) is 20.4. The summed E-state index contributed by atoms with van der Waals surface area (Å²) >= 11 is 0. The van der Waals surface area contributed by atoms with E-state index in [0.29, 0.717) is 52.1 Å². The van der Waals surface area contributed by atoms with E-state index in [4.69, 9.17) is 18.9 Å². The molecule has 0 spiro atoms. The molecule has 0 heterocycles. The van der Waals surface area contributed by atoms with Crippen molar-refractivity contribution in [3.63, 3.8) is 0 Å². The molecule has 42 heavy (non-hydrogen) atoms. The van der Waals surface area contributed by atoms with Crippen molar-refractivity contribution >= 4 is 23.9 Å². The lowest BCUT2D eigenvalue weighted by atomic mass is 10.1. The maximum absolute atomic E-state index is 11.5. The van der Waals surface area contributed by atoms with Gasteiger partial charge in [-0.1, -0.05) is 105 Å². The second-order valence-corrected chi connectivity index (χ2v) is 10.8. The standard InChI is InChI=1S/C20H38O4.C14H26O4/c1-3-5-7-9-11-13-17-23-19(21)15-16-20(22)24-18-14-12-10-8-6-4-2;1-3-5-11-17-13(15)9-7-8-10-14(16)18-12-6-4-2/h3-18H2,1-2H3;3-12H2,1-2H3. The van der Waals surface area contributed by atoms with Crippen LogP contribution in [-0.2, 0) is 38.1 Å². The van der Waals surface area contributed by atoms with Crippen LogP contribution in [0.3, 0.4) is 0 Å². The van der Waals surface area contributed by atoms with Crippen LogP contribution in [0.1, 0.15) is 169 Å². The molecule has 0 saturated carbocycles. The minimum atomic E-state index is -0.292. The van der Waals surface area contributed by atoms with Crippen molar-refractivity contribution in [2.75, 3.05) is 26.4 Å². The molecule has 0 radical (unpaired) electrons. The van der Waals surface area contributed by atoms with E-state index in [1.165, 1.54) is 51.4 Å². The molecule has 0 unspecified atom stereocenters. The van der Waals surface area contributed by atoms with Crippen molar-refractivity contribution in [3.05, 3.63) is 0 Å². The molecule has 0 rings (SSSR count). The minimum Gasteiger partial charge on any atom is -0.466 e. The Morgan fingerprint density at radius 2 is 0.571 bits per heavy atom. The summed E-state index contributed by atoms with van der Waals surface area (Å²) in [4.78, 5) is 45.5. The van der Waals surface area contributed by atoms with Crippen LogP contribution < -0.4 is 0 Å². The van der Waals surface area contributed by atoms with E-state index < -0.39 is 0 Å². The van der Waals surface area contributed by atoms with E-state index >= 15 is 0 Å². The second-order valence-electron chi connectivity index (χ2n) is 10.8. The van der Waals surface area contributed by atoms with Crippen molar-refractivity contribution in [3.8, 4) is 0 Å². The number of carbonyl (C=O) groups is 4. The molecule has 0 aliphatic carbocycles. The maximum atomic E-state index is 11.5. The van der Waals surface area contributed by atoms with E-state index in [1.807, 2.05) is 0 Å². The van der Waals surface area contributed by atoms with Crippen LogP contribution in [0.4, 0.5) is 0 Å². The molecule has 0 saturated heterocycles. The Balaban J connectivity index is 0. The summed E-state index contributed by atoms with van der Waals surface area (Å²) in [6.45, 7) is 10.5. The molecule has 0 fully saturated rings. The van der Waals surface area contributed by atoms with Gasteiger partial charge in [0.1, 0.15) is 0 Å². The Bertz CT molecular complexity index is 581. The molecular formula is C34H64O8. The third-order valence-electron chi connectivity index (χ3n) is 6.59. The van der Waals surface area contributed by atoms with E-state index in [0.717, 1.165) is 51.4 Å². The highest BCUT2D eigenvalue weighted by molar-refractivity contribution is 5.77. The molecule has 0 aliphatic heterocycles. The second kappa shape index (κ2) is 35.1. The molecule has 0 bridgehead atoms. The zero-order chi connectivity index (χ0) is 31.5. The van der Waals surface area contributed by atoms with Crippen LogP contribution in [0.5, 0.6) is 0 Å². The fraction of sp³-hybridized carbons (Fsp3) is 0.882. The van der Waals surface area contributed by atoms with E-state index in [-0.39, 0.29) is 36.7 Å². The van der Waals surface area contributed by atoms with Gasteiger partial charge in [0.25, 0.3) is 0 Å². The summed E-state index contributed by atoms with van der Waals surface area (Å²) in [5, 5.41) is 0. The molecule has 0 aliphatic rings. The summed E-state index contributed by atoms with van der Waals surface area (Å²) in [6.07, 6.45) is 20.3. The third kappa shape index (κ3) is 35.9. The summed E-state index contributed by atoms with van der Waals surface area (Å²) in [7, 11) is 0. The highest BCUT2D eigenvalue weighted by Gasteiger charge is 2.09. The first-order valence-corrected chi connectivity index (χ1v) is 17.0. The van der Waals surface area contributed by atoms with Gasteiger partial charge in [-0.25, -0.2) is 0 Å². The van der Waals surface area contributed by atoms with Crippen LogP contribution in [-0.4, -0.2) is 50.3 Å². The van der Waals surface area contributed by atoms with Gasteiger partial charge in [-0.3, -0.25) is 19.2 Å². The third-order valence-corrected chi connectivity index (χ3v) is 6.59. The summed E-state index contributed by atoms with van der Waals surface area (Å²) < 4.78 is 20.3. The highest BCUT2D eigenvalue weighted by atomic mass is 16.5. The Hall–Kier alpha value is -2.12. The lowest BCUT2D eigenvalue weighted by Gasteiger charge is -2.06. The fourth-order valence-corrected chi connectivity index (χ4v) is 3.83. The molecule has 0 aromatic rings. The molecule has 0 atom stereocenters. The van der Waals surface area contributed by atoms with Crippen LogP contribution >= 0.6 is 0 Å². The van der Waals surface area contributed by atoms with Gasteiger partial charge >= 0.3 is 23.9 Å². The largest absolute Gasteiger partial charge is 0.466 e. The van der Waals surface area contributed by atoms with Crippen molar-refractivity contribution in [1.82, 2.24) is 0 Å². The maximum Gasteiger partial charge on any atom is 0.306 e. The monoisotopic (exact) mass is 600 g/mol. The Kier molecular flexibility index (Phi) is 35.1. The minimum absolute atomic E-state index is 0.130. The van der Waals surface area contributed by atoms with Crippen molar-refractivity contribution in [2.45, 2.75) is 169 Å². The first-order valence-electron chi connectivity index (χ1n) is 17.0. The van der Waals surface area contributed by atoms with Gasteiger partial charge in [0.2, 0.25) is 0 Å². The molecule has 0 aromatic heterocycles. The molecule has 248 valence electrons. The predicted octanol–water partition coefficient (Wildman–Crippen LogP) is 8.81. The number of unbranched alkanes of at least 4 members (excludes halogenated alkanes) is 13. The molecular weight excluding hydrogens is 536 g/mol. The Labute approximate surface area is 257 Å². The van der Waals surface area contributed by atoms with Gasteiger partial charge in [-0.15, -0.1) is 0 Å². The summed E-state index contributed by atoms with van der Waals surface area (Å²) in [5.74, 6) is -0.911. The first kappa shape index (κ1) is 42.0. The smallest absolute Gasteiger partial charge is 0.306 e. The van der Waals surface area contributed by atoms with Crippen molar-refractivity contribution < 1.29 is 38.1 Å². The number of ether oxygens (including phenoxy) is 4. The molecule has 8 heteroatoms. The summed E-state index contributed by atoms with van der Waals surface area (Å²) in [5.41, 5.74) is 0. The van der Waals surface area contributed by atoms with Gasteiger partial charge in [-0.2, -0.15) is 0 Å². The predicted molar refractivity (Wildman–Crippen MR) is 168 cm³/mol. The van der Waals surface area contributed by atoms with Crippen LogP contribution in [0.25, 0.3) is 0 Å². The molecule has 0 amide bonds. The lowest BCUT2D eigenvalue weighted by molar-refractivity contribution is -0.150. The van der Waals surface area contributed by atoms with Gasteiger partial charge < -0.3 is 18.9 Å². The topological polar surface area (TPSA) is 105 Å². The zero-order valence-corrected chi connectivity index (χ0v) is 27.7. The van der Waals surface area contributed by atoms with Gasteiger partial charge in [0.05, 0.1) is 39.3 Å². The molecule has 0 aromatic carbocycles. The fourth-order valence-electron chi connectivity index (χ4n) is 3.83. The van der Waals surface area contributed by atoms with Crippen LogP contribution in [0.15, 0.2) is 0 Å². The van der Waals surface area contributed by atoms with Gasteiger partial charge in [0.15, 0.2) is 0 Å². The normalized spacial score (nSPS) is 10.4. The number of esters is 4. The number of hydrogen-bond donors (Lipinski definition) is 0. The average Bonchev–Trinajstić information content (AvgIpc) is 2.98. The number of carbonyl (C=O) groups excluding carboxylic acids is 4. The Morgan fingerprint density at radius 3 is 0.905 bits per heavy atom. The Morgan fingerprint density at radius 1 is 0.310 bits per heavy atom. The molecule has 8 nitrogen and oxygen atoms in total. The highest BCUT2D eigenvalue weighted by Crippen LogP contribution is 2.07.